The van der Waals surface area contributed by atoms with Gasteiger partial charge in [-0.2, -0.15) is 0 Å². The molecule has 0 radical (unpaired) electrons. The molecule has 0 aliphatic heterocycles. The first-order valence-electron chi connectivity index (χ1n) is 4.42. The second kappa shape index (κ2) is 4.21. The molecule has 2 rings (SSSR count). The van der Waals surface area contributed by atoms with Crippen LogP contribution in [0, 0.1) is 0 Å². The monoisotopic (exact) mass is 241 g/mol. The van der Waals surface area contributed by atoms with Gasteiger partial charge in [-0.3, -0.25) is 0 Å². The summed E-state index contributed by atoms with van der Waals surface area (Å²) in [6.45, 7) is 0. The Morgan fingerprint density at radius 3 is 2.73 bits per heavy atom. The van der Waals surface area contributed by atoms with Gasteiger partial charge in [0.2, 0.25) is 0 Å². The lowest BCUT2D eigenvalue weighted by molar-refractivity contribution is 0.853. The molecular formula is C10H9Cl2N3. The van der Waals surface area contributed by atoms with Crippen LogP contribution < -0.4 is 0 Å². The van der Waals surface area contributed by atoms with Crippen molar-refractivity contribution in [1.82, 2.24) is 14.8 Å². The van der Waals surface area contributed by atoms with Crippen LogP contribution in [0.15, 0.2) is 24.3 Å². The molecule has 0 saturated heterocycles. The molecule has 0 aliphatic carbocycles. The van der Waals surface area contributed by atoms with Gasteiger partial charge in [-0.1, -0.05) is 23.7 Å². The van der Waals surface area contributed by atoms with Gasteiger partial charge >= 0.3 is 0 Å². The minimum Gasteiger partial charge on any atom is -0.313 e. The van der Waals surface area contributed by atoms with Crippen LogP contribution in [0.1, 0.15) is 5.82 Å². The molecule has 0 saturated carbocycles. The van der Waals surface area contributed by atoms with Gasteiger partial charge in [-0.05, 0) is 12.1 Å². The minimum absolute atomic E-state index is 0.351. The highest BCUT2D eigenvalue weighted by atomic mass is 35.5. The second-order valence-corrected chi connectivity index (χ2v) is 3.85. The summed E-state index contributed by atoms with van der Waals surface area (Å²) in [6.07, 6.45) is 0. The normalized spacial score (nSPS) is 10.6. The molecule has 0 amide bonds. The molecule has 0 unspecified atom stereocenters. The van der Waals surface area contributed by atoms with Crippen LogP contribution in [0.3, 0.4) is 0 Å². The van der Waals surface area contributed by atoms with Crippen LogP contribution >= 0.6 is 23.2 Å². The van der Waals surface area contributed by atoms with Crippen LogP contribution in [0.5, 0.6) is 0 Å². The molecule has 0 bridgehead atoms. The summed E-state index contributed by atoms with van der Waals surface area (Å²) in [7, 11) is 1.88. The second-order valence-electron chi connectivity index (χ2n) is 3.14. The summed E-state index contributed by atoms with van der Waals surface area (Å²) in [5, 5.41) is 8.73. The molecule has 0 atom stereocenters. The summed E-state index contributed by atoms with van der Waals surface area (Å²) in [5.74, 6) is 1.86. The lowest BCUT2D eigenvalue weighted by Crippen LogP contribution is -1.97. The van der Waals surface area contributed by atoms with E-state index in [0.717, 1.165) is 17.2 Å². The van der Waals surface area contributed by atoms with Crippen molar-refractivity contribution < 1.29 is 0 Å². The number of alkyl halides is 1. The Morgan fingerprint density at radius 1 is 1.33 bits per heavy atom. The molecule has 1 aromatic heterocycles. The van der Waals surface area contributed by atoms with E-state index in [-0.39, 0.29) is 0 Å². The molecule has 1 aromatic carbocycles. The number of rotatable bonds is 2. The molecule has 0 aliphatic rings. The highest BCUT2D eigenvalue weighted by molar-refractivity contribution is 6.30. The van der Waals surface area contributed by atoms with Crippen molar-refractivity contribution in [3.05, 3.63) is 35.1 Å². The summed E-state index contributed by atoms with van der Waals surface area (Å²) in [6, 6.07) is 7.49. The zero-order valence-electron chi connectivity index (χ0n) is 8.11. The van der Waals surface area contributed by atoms with Gasteiger partial charge in [0.15, 0.2) is 5.82 Å². The van der Waals surface area contributed by atoms with Gasteiger partial charge < -0.3 is 4.57 Å². The predicted octanol–water partition coefficient (Wildman–Crippen LogP) is 2.87. The van der Waals surface area contributed by atoms with Gasteiger partial charge in [0.25, 0.3) is 0 Å². The molecule has 1 heterocycles. The molecule has 5 heteroatoms. The van der Waals surface area contributed by atoms with Crippen molar-refractivity contribution in [2.45, 2.75) is 5.88 Å². The zero-order chi connectivity index (χ0) is 10.8. The summed E-state index contributed by atoms with van der Waals surface area (Å²) in [5.41, 5.74) is 0.939. The van der Waals surface area contributed by atoms with Crippen molar-refractivity contribution in [2.24, 2.45) is 7.05 Å². The van der Waals surface area contributed by atoms with Crippen LogP contribution in [0.4, 0.5) is 0 Å². The molecule has 2 aromatic rings. The first kappa shape index (κ1) is 10.5. The molecule has 15 heavy (non-hydrogen) atoms. The first-order chi connectivity index (χ1) is 7.22. The first-order valence-corrected chi connectivity index (χ1v) is 5.34. The van der Waals surface area contributed by atoms with Crippen LogP contribution in [-0.2, 0) is 12.9 Å². The van der Waals surface area contributed by atoms with Gasteiger partial charge in [0, 0.05) is 17.6 Å². The smallest absolute Gasteiger partial charge is 0.163 e. The Morgan fingerprint density at radius 2 is 2.13 bits per heavy atom. The Bertz CT molecular complexity index is 479. The third kappa shape index (κ3) is 1.98. The van der Waals surface area contributed by atoms with E-state index in [1.165, 1.54) is 0 Å². The molecule has 0 fully saturated rings. The van der Waals surface area contributed by atoms with Gasteiger partial charge in [-0.25, -0.2) is 0 Å². The summed E-state index contributed by atoms with van der Waals surface area (Å²) >= 11 is 11.6. The summed E-state index contributed by atoms with van der Waals surface area (Å²) < 4.78 is 1.86. The quantitative estimate of drug-likeness (QED) is 0.758. The lowest BCUT2D eigenvalue weighted by Gasteiger charge is -2.02. The van der Waals surface area contributed by atoms with Crippen molar-refractivity contribution in [1.29, 1.82) is 0 Å². The third-order valence-electron chi connectivity index (χ3n) is 2.17. The Kier molecular flexibility index (Phi) is 2.93. The molecule has 0 spiro atoms. The Balaban J connectivity index is 2.49. The number of nitrogens with zero attached hydrogens (tertiary/aromatic N) is 3. The molecular weight excluding hydrogens is 233 g/mol. The fourth-order valence-corrected chi connectivity index (χ4v) is 1.78. The number of hydrogen-bond donors (Lipinski definition) is 0. The van der Waals surface area contributed by atoms with Crippen molar-refractivity contribution in [3.8, 4) is 11.4 Å². The summed E-state index contributed by atoms with van der Waals surface area (Å²) in [4.78, 5) is 0. The molecule has 78 valence electrons. The van der Waals surface area contributed by atoms with E-state index in [1.54, 1.807) is 0 Å². The van der Waals surface area contributed by atoms with E-state index in [0.29, 0.717) is 10.9 Å². The average Bonchev–Trinajstić information content (AvgIpc) is 2.59. The average molecular weight is 242 g/mol. The highest BCUT2D eigenvalue weighted by Crippen LogP contribution is 2.21. The topological polar surface area (TPSA) is 30.7 Å². The fraction of sp³-hybridized carbons (Fsp3) is 0.200. The van der Waals surface area contributed by atoms with Crippen molar-refractivity contribution >= 4 is 23.2 Å². The lowest BCUT2D eigenvalue weighted by atomic mass is 10.2. The van der Waals surface area contributed by atoms with Crippen LogP contribution in [0.25, 0.3) is 11.4 Å². The van der Waals surface area contributed by atoms with E-state index in [1.807, 2.05) is 35.9 Å². The van der Waals surface area contributed by atoms with Crippen molar-refractivity contribution in [3.63, 3.8) is 0 Å². The van der Waals surface area contributed by atoms with Gasteiger partial charge in [0.05, 0.1) is 5.88 Å². The van der Waals surface area contributed by atoms with E-state index in [4.69, 9.17) is 23.2 Å². The maximum absolute atomic E-state index is 5.90. The maximum Gasteiger partial charge on any atom is 0.163 e. The van der Waals surface area contributed by atoms with E-state index < -0.39 is 0 Å². The third-order valence-corrected chi connectivity index (χ3v) is 2.64. The van der Waals surface area contributed by atoms with Crippen LogP contribution in [-0.4, -0.2) is 14.8 Å². The largest absolute Gasteiger partial charge is 0.313 e. The fourth-order valence-electron chi connectivity index (χ4n) is 1.36. The molecule has 0 N–H and O–H groups in total. The number of hydrogen-bond acceptors (Lipinski definition) is 2. The van der Waals surface area contributed by atoms with Gasteiger partial charge in [-0.15, -0.1) is 21.8 Å². The SMILES string of the molecule is Cn1c(CCl)nnc1-c1cccc(Cl)c1. The highest BCUT2D eigenvalue weighted by Gasteiger charge is 2.09. The predicted molar refractivity (Wildman–Crippen MR) is 61.0 cm³/mol. The number of halogens is 2. The van der Waals surface area contributed by atoms with E-state index >= 15 is 0 Å². The zero-order valence-corrected chi connectivity index (χ0v) is 9.63. The Hall–Kier alpha value is -1.06. The van der Waals surface area contributed by atoms with E-state index in [2.05, 4.69) is 10.2 Å². The Labute approximate surface area is 97.7 Å². The maximum atomic E-state index is 5.90. The molecule has 3 nitrogen and oxygen atoms in total. The van der Waals surface area contributed by atoms with E-state index in [9.17, 15) is 0 Å². The van der Waals surface area contributed by atoms with Crippen LogP contribution in [0.2, 0.25) is 5.02 Å². The van der Waals surface area contributed by atoms with Crippen molar-refractivity contribution in [2.75, 3.05) is 0 Å². The van der Waals surface area contributed by atoms with Gasteiger partial charge in [0.1, 0.15) is 5.82 Å². The number of aromatic nitrogens is 3. The minimum atomic E-state index is 0.351. The standard InChI is InChI=1S/C10H9Cl2N3/c1-15-9(6-11)13-14-10(15)7-3-2-4-8(12)5-7/h2-5H,6H2,1H3. The number of benzene rings is 1.